The van der Waals surface area contributed by atoms with E-state index in [-0.39, 0.29) is 6.03 Å². The van der Waals surface area contributed by atoms with Crippen molar-refractivity contribution in [2.75, 3.05) is 24.4 Å². The Labute approximate surface area is 137 Å². The maximum atomic E-state index is 12.0. The SMILES string of the molecule is COCCn1ccc(NC(=O)Nc2ccc3nc(C)sc3c2)n1. The Bertz CT molecular complexity index is 826. The zero-order valence-electron chi connectivity index (χ0n) is 12.9. The zero-order valence-corrected chi connectivity index (χ0v) is 13.7. The van der Waals surface area contributed by atoms with Crippen LogP contribution in [-0.2, 0) is 11.3 Å². The van der Waals surface area contributed by atoms with Gasteiger partial charge in [-0.05, 0) is 25.1 Å². The molecule has 8 heteroatoms. The first kappa shape index (κ1) is 15.4. The highest BCUT2D eigenvalue weighted by Crippen LogP contribution is 2.24. The van der Waals surface area contributed by atoms with Crippen molar-refractivity contribution in [2.24, 2.45) is 0 Å². The molecule has 0 aliphatic rings. The van der Waals surface area contributed by atoms with Crippen molar-refractivity contribution in [3.05, 3.63) is 35.5 Å². The smallest absolute Gasteiger partial charge is 0.324 e. The molecule has 0 spiro atoms. The summed E-state index contributed by atoms with van der Waals surface area (Å²) in [5.74, 6) is 0.494. The maximum absolute atomic E-state index is 12.0. The molecule has 2 aromatic heterocycles. The second kappa shape index (κ2) is 6.76. The number of carbonyl (C=O) groups excluding carboxylic acids is 1. The van der Waals surface area contributed by atoms with Crippen molar-refractivity contribution in [1.29, 1.82) is 0 Å². The molecule has 0 aliphatic carbocycles. The molecule has 0 atom stereocenters. The molecular formula is C15H17N5O2S. The lowest BCUT2D eigenvalue weighted by Gasteiger charge is -2.05. The Kier molecular flexibility index (Phi) is 4.54. The number of fused-ring (bicyclic) bond motifs is 1. The van der Waals surface area contributed by atoms with Crippen LogP contribution in [0, 0.1) is 6.92 Å². The molecule has 7 nitrogen and oxygen atoms in total. The summed E-state index contributed by atoms with van der Waals surface area (Å²) in [7, 11) is 1.64. The molecule has 2 amide bonds. The van der Waals surface area contributed by atoms with Gasteiger partial charge in [-0.25, -0.2) is 9.78 Å². The molecular weight excluding hydrogens is 314 g/mol. The van der Waals surface area contributed by atoms with E-state index >= 15 is 0 Å². The number of aromatic nitrogens is 3. The minimum absolute atomic E-state index is 0.331. The van der Waals surface area contributed by atoms with Crippen LogP contribution in [0.5, 0.6) is 0 Å². The number of aryl methyl sites for hydroxylation is 1. The molecule has 2 heterocycles. The second-order valence-electron chi connectivity index (χ2n) is 4.95. The van der Waals surface area contributed by atoms with E-state index in [1.54, 1.807) is 35.4 Å². The number of benzene rings is 1. The van der Waals surface area contributed by atoms with Gasteiger partial charge >= 0.3 is 6.03 Å². The number of urea groups is 1. The quantitative estimate of drug-likeness (QED) is 0.753. The summed E-state index contributed by atoms with van der Waals surface area (Å²) in [4.78, 5) is 16.4. The summed E-state index contributed by atoms with van der Waals surface area (Å²) in [5.41, 5.74) is 1.66. The van der Waals surface area contributed by atoms with Gasteiger partial charge in [-0.1, -0.05) is 0 Å². The monoisotopic (exact) mass is 331 g/mol. The van der Waals surface area contributed by atoms with Gasteiger partial charge < -0.3 is 10.1 Å². The Hall–Kier alpha value is -2.45. The van der Waals surface area contributed by atoms with Crippen LogP contribution in [0.25, 0.3) is 10.2 Å². The second-order valence-corrected chi connectivity index (χ2v) is 6.19. The molecule has 0 fully saturated rings. The van der Waals surface area contributed by atoms with Crippen molar-refractivity contribution < 1.29 is 9.53 Å². The Morgan fingerprint density at radius 3 is 3.04 bits per heavy atom. The van der Waals surface area contributed by atoms with E-state index in [2.05, 4.69) is 20.7 Å². The summed E-state index contributed by atoms with van der Waals surface area (Å²) in [6, 6.07) is 7.05. The Balaban J connectivity index is 1.62. The average molecular weight is 331 g/mol. The van der Waals surface area contributed by atoms with Gasteiger partial charge in [-0.2, -0.15) is 5.10 Å². The first-order chi connectivity index (χ1) is 11.1. The van der Waals surface area contributed by atoms with E-state index < -0.39 is 0 Å². The van der Waals surface area contributed by atoms with E-state index in [4.69, 9.17) is 4.74 Å². The number of carbonyl (C=O) groups is 1. The third kappa shape index (κ3) is 3.85. The van der Waals surface area contributed by atoms with Crippen LogP contribution in [0.1, 0.15) is 5.01 Å². The molecule has 2 N–H and O–H groups in total. The normalized spacial score (nSPS) is 10.9. The molecule has 0 radical (unpaired) electrons. The number of hydrogen-bond donors (Lipinski definition) is 2. The van der Waals surface area contributed by atoms with Crippen LogP contribution < -0.4 is 10.6 Å². The summed E-state index contributed by atoms with van der Waals surface area (Å²) in [6.45, 7) is 3.17. The van der Waals surface area contributed by atoms with Crippen LogP contribution in [0.2, 0.25) is 0 Å². The number of rotatable bonds is 5. The summed E-state index contributed by atoms with van der Waals surface area (Å²) >= 11 is 1.60. The highest BCUT2D eigenvalue weighted by atomic mass is 32.1. The molecule has 0 unspecified atom stereocenters. The highest BCUT2D eigenvalue weighted by molar-refractivity contribution is 7.18. The number of nitrogens with zero attached hydrogens (tertiary/aromatic N) is 3. The number of amides is 2. The van der Waals surface area contributed by atoms with Crippen molar-refractivity contribution in [1.82, 2.24) is 14.8 Å². The van der Waals surface area contributed by atoms with Gasteiger partial charge in [0.15, 0.2) is 5.82 Å². The van der Waals surface area contributed by atoms with Gasteiger partial charge in [0.05, 0.1) is 28.4 Å². The standard InChI is InChI=1S/C15H17N5O2S/c1-10-16-12-4-3-11(9-13(12)23-10)17-15(21)18-14-5-6-20(19-14)7-8-22-2/h3-6,9H,7-8H2,1-2H3,(H2,17,18,19,21). The minimum atomic E-state index is -0.331. The third-order valence-electron chi connectivity index (χ3n) is 3.16. The first-order valence-electron chi connectivity index (χ1n) is 7.11. The van der Waals surface area contributed by atoms with Crippen molar-refractivity contribution in [3.63, 3.8) is 0 Å². The highest BCUT2D eigenvalue weighted by Gasteiger charge is 2.07. The van der Waals surface area contributed by atoms with E-state index in [0.717, 1.165) is 20.9 Å². The van der Waals surface area contributed by atoms with Gasteiger partial charge in [0.1, 0.15) is 0 Å². The largest absolute Gasteiger partial charge is 0.383 e. The molecule has 23 heavy (non-hydrogen) atoms. The Morgan fingerprint density at radius 2 is 2.22 bits per heavy atom. The number of ether oxygens (including phenoxy) is 1. The van der Waals surface area contributed by atoms with Gasteiger partial charge in [0, 0.05) is 25.1 Å². The number of nitrogens with one attached hydrogen (secondary N) is 2. The van der Waals surface area contributed by atoms with E-state index in [1.165, 1.54) is 0 Å². The average Bonchev–Trinajstić information content (AvgIpc) is 3.10. The van der Waals surface area contributed by atoms with Crippen LogP contribution in [0.3, 0.4) is 0 Å². The van der Waals surface area contributed by atoms with Crippen LogP contribution in [0.4, 0.5) is 16.3 Å². The van der Waals surface area contributed by atoms with Gasteiger partial charge in [-0.15, -0.1) is 11.3 Å². The van der Waals surface area contributed by atoms with Crippen LogP contribution in [0.15, 0.2) is 30.5 Å². The van der Waals surface area contributed by atoms with E-state index in [1.807, 2.05) is 25.1 Å². The van der Waals surface area contributed by atoms with Crippen molar-refractivity contribution in [2.45, 2.75) is 13.5 Å². The van der Waals surface area contributed by atoms with E-state index in [9.17, 15) is 4.79 Å². The summed E-state index contributed by atoms with van der Waals surface area (Å²) in [5, 5.41) is 10.7. The molecule has 3 aromatic rings. The number of thiazole rings is 1. The fourth-order valence-electron chi connectivity index (χ4n) is 2.13. The fraction of sp³-hybridized carbons (Fsp3) is 0.267. The lowest BCUT2D eigenvalue weighted by atomic mass is 10.3. The predicted octanol–water partition coefficient (Wildman–Crippen LogP) is 3.09. The van der Waals surface area contributed by atoms with Gasteiger partial charge in [-0.3, -0.25) is 10.00 Å². The number of anilines is 2. The first-order valence-corrected chi connectivity index (χ1v) is 7.93. The van der Waals surface area contributed by atoms with Gasteiger partial charge in [0.25, 0.3) is 0 Å². The molecule has 0 aliphatic heterocycles. The topological polar surface area (TPSA) is 81.1 Å². The lowest BCUT2D eigenvalue weighted by Crippen LogP contribution is -2.20. The fourth-order valence-corrected chi connectivity index (χ4v) is 3.00. The number of hydrogen-bond acceptors (Lipinski definition) is 5. The zero-order chi connectivity index (χ0) is 16.2. The van der Waals surface area contributed by atoms with E-state index in [0.29, 0.717) is 19.0 Å². The Morgan fingerprint density at radius 1 is 1.35 bits per heavy atom. The molecule has 1 aromatic carbocycles. The summed E-state index contributed by atoms with van der Waals surface area (Å²) < 4.78 is 7.75. The molecule has 0 bridgehead atoms. The third-order valence-corrected chi connectivity index (χ3v) is 4.09. The van der Waals surface area contributed by atoms with Crippen molar-refractivity contribution >= 4 is 39.1 Å². The minimum Gasteiger partial charge on any atom is -0.383 e. The molecule has 120 valence electrons. The number of methoxy groups -OCH3 is 1. The molecule has 3 rings (SSSR count). The predicted molar refractivity (Wildman–Crippen MR) is 91.1 cm³/mol. The lowest BCUT2D eigenvalue weighted by molar-refractivity contribution is 0.183. The van der Waals surface area contributed by atoms with Crippen molar-refractivity contribution in [3.8, 4) is 0 Å². The van der Waals surface area contributed by atoms with Crippen LogP contribution in [-0.4, -0.2) is 34.5 Å². The molecule has 0 saturated heterocycles. The maximum Gasteiger partial charge on any atom is 0.324 e. The van der Waals surface area contributed by atoms with Crippen LogP contribution >= 0.6 is 11.3 Å². The molecule has 0 saturated carbocycles. The van der Waals surface area contributed by atoms with Gasteiger partial charge in [0.2, 0.25) is 0 Å². The summed E-state index contributed by atoms with van der Waals surface area (Å²) in [6.07, 6.45) is 1.79.